The molecule has 0 aromatic heterocycles. The van der Waals surface area contributed by atoms with E-state index >= 15 is 0 Å². The van der Waals surface area contributed by atoms with Gasteiger partial charge in [0.1, 0.15) is 17.3 Å². The second kappa shape index (κ2) is 9.75. The lowest BCUT2D eigenvalue weighted by Crippen LogP contribution is -2.32. The van der Waals surface area contributed by atoms with E-state index in [4.69, 9.17) is 4.74 Å². The number of para-hydroxylation sites is 1. The summed E-state index contributed by atoms with van der Waals surface area (Å²) in [5.41, 5.74) is 2.95. The Hall–Kier alpha value is -3.18. The van der Waals surface area contributed by atoms with E-state index in [2.05, 4.69) is 16.3 Å². The molecule has 1 amide bonds. The van der Waals surface area contributed by atoms with Gasteiger partial charge in [-0.2, -0.15) is 0 Å². The predicted molar refractivity (Wildman–Crippen MR) is 119 cm³/mol. The Morgan fingerprint density at radius 3 is 2.71 bits per heavy atom. The van der Waals surface area contributed by atoms with Crippen LogP contribution >= 0.6 is 0 Å². The molecule has 5 heteroatoms. The van der Waals surface area contributed by atoms with E-state index in [9.17, 15) is 9.18 Å². The molecule has 0 spiro atoms. The fourth-order valence-corrected chi connectivity index (χ4v) is 3.94. The maximum Gasteiger partial charge on any atom is 0.224 e. The van der Waals surface area contributed by atoms with Crippen molar-refractivity contribution >= 4 is 5.91 Å². The van der Waals surface area contributed by atoms with Crippen LogP contribution in [-0.4, -0.2) is 23.9 Å². The van der Waals surface area contributed by atoms with Crippen molar-refractivity contribution in [3.8, 4) is 11.5 Å². The largest absolute Gasteiger partial charge is 0.457 e. The quantitative estimate of drug-likeness (QED) is 0.583. The number of hydrogen-bond donors (Lipinski definition) is 1. The number of hydrogen-bond acceptors (Lipinski definition) is 3. The van der Waals surface area contributed by atoms with Crippen molar-refractivity contribution in [2.24, 2.45) is 5.92 Å². The second-order valence-corrected chi connectivity index (χ2v) is 8.07. The zero-order valence-electron chi connectivity index (χ0n) is 17.7. The number of carbonyl (C=O) groups excluding carboxylic acids is 1. The third-order valence-electron chi connectivity index (χ3n) is 5.69. The number of likely N-dealkylation sites (tertiary alicyclic amines) is 1. The van der Waals surface area contributed by atoms with Crippen molar-refractivity contribution in [1.29, 1.82) is 0 Å². The summed E-state index contributed by atoms with van der Waals surface area (Å²) < 4.78 is 19.4. The molecule has 0 saturated carbocycles. The summed E-state index contributed by atoms with van der Waals surface area (Å²) in [6.45, 7) is 4.66. The van der Waals surface area contributed by atoms with Gasteiger partial charge >= 0.3 is 0 Å². The van der Waals surface area contributed by atoms with Gasteiger partial charge < -0.3 is 10.1 Å². The molecule has 1 saturated heterocycles. The number of benzene rings is 3. The van der Waals surface area contributed by atoms with Crippen LogP contribution in [0.2, 0.25) is 0 Å². The first kappa shape index (κ1) is 21.1. The van der Waals surface area contributed by atoms with Crippen LogP contribution in [0.25, 0.3) is 0 Å². The number of halogens is 1. The molecule has 1 aliphatic rings. The Bertz CT molecular complexity index is 1040. The average Bonchev–Trinajstić information content (AvgIpc) is 3.24. The Kier molecular flexibility index (Phi) is 6.63. The van der Waals surface area contributed by atoms with Crippen molar-refractivity contribution in [2.45, 2.75) is 26.4 Å². The molecule has 4 rings (SSSR count). The molecule has 1 atom stereocenters. The maximum absolute atomic E-state index is 13.5. The molecule has 160 valence electrons. The summed E-state index contributed by atoms with van der Waals surface area (Å²) in [7, 11) is 0. The van der Waals surface area contributed by atoms with Gasteiger partial charge in [-0.15, -0.1) is 0 Å². The Morgan fingerprint density at radius 2 is 1.87 bits per heavy atom. The third-order valence-corrected chi connectivity index (χ3v) is 5.69. The molecule has 0 bridgehead atoms. The minimum Gasteiger partial charge on any atom is -0.457 e. The summed E-state index contributed by atoms with van der Waals surface area (Å²) >= 11 is 0. The molecule has 31 heavy (non-hydrogen) atoms. The zero-order valence-corrected chi connectivity index (χ0v) is 17.7. The fraction of sp³-hybridized carbons (Fsp3) is 0.269. The molecule has 3 aromatic carbocycles. The van der Waals surface area contributed by atoms with E-state index in [0.717, 1.165) is 54.2 Å². The van der Waals surface area contributed by atoms with Crippen LogP contribution in [0.1, 0.15) is 23.1 Å². The lowest BCUT2D eigenvalue weighted by atomic mass is 10.1. The summed E-state index contributed by atoms with van der Waals surface area (Å²) in [6.07, 6.45) is 0.828. The molecule has 0 radical (unpaired) electrons. The van der Waals surface area contributed by atoms with Crippen LogP contribution in [-0.2, 0) is 17.9 Å². The van der Waals surface area contributed by atoms with E-state index in [1.165, 1.54) is 12.1 Å². The van der Waals surface area contributed by atoms with Gasteiger partial charge in [-0.05, 0) is 73.0 Å². The van der Waals surface area contributed by atoms with Crippen molar-refractivity contribution < 1.29 is 13.9 Å². The highest BCUT2D eigenvalue weighted by atomic mass is 19.1. The predicted octanol–water partition coefficient (Wildman–Crippen LogP) is 5.06. The van der Waals surface area contributed by atoms with Crippen molar-refractivity contribution in [3.05, 3.63) is 95.3 Å². The highest BCUT2D eigenvalue weighted by Gasteiger charge is 2.28. The van der Waals surface area contributed by atoms with Gasteiger partial charge in [0.25, 0.3) is 0 Å². The highest BCUT2D eigenvalue weighted by Crippen LogP contribution is 2.24. The van der Waals surface area contributed by atoms with Crippen LogP contribution in [0.5, 0.6) is 11.5 Å². The minimum atomic E-state index is -0.277. The SMILES string of the molecule is Cc1ccc(F)cc1CNC(=O)C1CCN(Cc2cccc(Oc3ccccc3)c2)C1. The fourth-order valence-electron chi connectivity index (χ4n) is 3.94. The lowest BCUT2D eigenvalue weighted by molar-refractivity contribution is -0.124. The summed E-state index contributed by atoms with van der Waals surface area (Å²) in [5.74, 6) is 1.33. The number of amides is 1. The molecule has 1 unspecified atom stereocenters. The van der Waals surface area contributed by atoms with Gasteiger partial charge in [0.05, 0.1) is 5.92 Å². The number of nitrogens with zero attached hydrogens (tertiary/aromatic N) is 1. The van der Waals surface area contributed by atoms with Crippen LogP contribution in [0.3, 0.4) is 0 Å². The van der Waals surface area contributed by atoms with E-state index in [-0.39, 0.29) is 17.6 Å². The molecule has 1 fully saturated rings. The van der Waals surface area contributed by atoms with E-state index in [1.807, 2.05) is 55.5 Å². The number of carbonyl (C=O) groups is 1. The standard InChI is InChI=1S/C26H27FN2O2/c1-19-10-11-23(27)15-22(19)16-28-26(30)21-12-13-29(18-21)17-20-6-5-9-25(14-20)31-24-7-3-2-4-8-24/h2-11,14-15,21H,12-13,16-18H2,1H3,(H,28,30). The second-order valence-electron chi connectivity index (χ2n) is 8.07. The monoisotopic (exact) mass is 418 g/mol. The van der Waals surface area contributed by atoms with Gasteiger partial charge in [-0.3, -0.25) is 9.69 Å². The van der Waals surface area contributed by atoms with Crippen LogP contribution in [0.15, 0.2) is 72.8 Å². The van der Waals surface area contributed by atoms with E-state index < -0.39 is 0 Å². The van der Waals surface area contributed by atoms with Gasteiger partial charge in [0.2, 0.25) is 5.91 Å². The molecule has 4 nitrogen and oxygen atoms in total. The van der Waals surface area contributed by atoms with Crippen LogP contribution < -0.4 is 10.1 Å². The van der Waals surface area contributed by atoms with Gasteiger partial charge in [-0.1, -0.05) is 36.4 Å². The lowest BCUT2D eigenvalue weighted by Gasteiger charge is -2.17. The third kappa shape index (κ3) is 5.70. The Morgan fingerprint density at radius 1 is 1.06 bits per heavy atom. The first-order valence-corrected chi connectivity index (χ1v) is 10.6. The number of rotatable bonds is 7. The summed E-state index contributed by atoms with van der Waals surface area (Å²) in [6, 6.07) is 22.5. The molecule has 1 heterocycles. The van der Waals surface area contributed by atoms with Crippen molar-refractivity contribution in [2.75, 3.05) is 13.1 Å². The number of aryl methyl sites for hydroxylation is 1. The van der Waals surface area contributed by atoms with Crippen LogP contribution in [0.4, 0.5) is 4.39 Å². The topological polar surface area (TPSA) is 41.6 Å². The van der Waals surface area contributed by atoms with Crippen molar-refractivity contribution in [3.63, 3.8) is 0 Å². The first-order chi connectivity index (χ1) is 15.1. The molecule has 1 N–H and O–H groups in total. The average molecular weight is 419 g/mol. The van der Waals surface area contributed by atoms with E-state index in [1.54, 1.807) is 6.07 Å². The molecule has 1 aliphatic heterocycles. The van der Waals surface area contributed by atoms with Gasteiger partial charge in [-0.25, -0.2) is 4.39 Å². The maximum atomic E-state index is 13.5. The summed E-state index contributed by atoms with van der Waals surface area (Å²) in [5, 5.41) is 2.98. The molecular formula is C26H27FN2O2. The van der Waals surface area contributed by atoms with Crippen LogP contribution in [0, 0.1) is 18.7 Å². The normalized spacial score (nSPS) is 16.3. The molecular weight excluding hydrogens is 391 g/mol. The first-order valence-electron chi connectivity index (χ1n) is 10.6. The number of nitrogens with one attached hydrogen (secondary N) is 1. The molecule has 0 aliphatic carbocycles. The van der Waals surface area contributed by atoms with E-state index in [0.29, 0.717) is 6.54 Å². The number of ether oxygens (including phenoxy) is 1. The molecule has 3 aromatic rings. The zero-order chi connectivity index (χ0) is 21.6. The summed E-state index contributed by atoms with van der Waals surface area (Å²) in [4.78, 5) is 14.9. The minimum absolute atomic E-state index is 0.0346. The van der Waals surface area contributed by atoms with Gasteiger partial charge in [0, 0.05) is 19.6 Å². The highest BCUT2D eigenvalue weighted by molar-refractivity contribution is 5.79. The van der Waals surface area contributed by atoms with Gasteiger partial charge in [0.15, 0.2) is 0 Å². The Balaban J connectivity index is 1.29. The smallest absolute Gasteiger partial charge is 0.224 e. The van der Waals surface area contributed by atoms with Crippen molar-refractivity contribution in [1.82, 2.24) is 10.2 Å². The Labute approximate surface area is 182 Å².